The van der Waals surface area contributed by atoms with Crippen LogP contribution in [0.1, 0.15) is 24.2 Å². The molecule has 0 aliphatic carbocycles. The first-order chi connectivity index (χ1) is 6.74. The van der Waals surface area contributed by atoms with Crippen molar-refractivity contribution in [3.63, 3.8) is 0 Å². The SMILES string of the molecule is CCSC(CC(=N)N)c1ccccc1. The van der Waals surface area contributed by atoms with Crippen molar-refractivity contribution in [2.24, 2.45) is 5.73 Å². The number of amidine groups is 1. The van der Waals surface area contributed by atoms with Crippen molar-refractivity contribution in [3.05, 3.63) is 35.9 Å². The predicted molar refractivity (Wildman–Crippen MR) is 63.8 cm³/mol. The van der Waals surface area contributed by atoms with Gasteiger partial charge in [0, 0.05) is 11.7 Å². The molecular formula is C11H16N2S. The highest BCUT2D eigenvalue weighted by molar-refractivity contribution is 7.99. The highest BCUT2D eigenvalue weighted by Crippen LogP contribution is 2.31. The first kappa shape index (κ1) is 11.1. The molecule has 0 radical (unpaired) electrons. The van der Waals surface area contributed by atoms with Crippen LogP contribution < -0.4 is 5.73 Å². The molecule has 0 saturated carbocycles. The van der Waals surface area contributed by atoms with Crippen molar-refractivity contribution in [1.29, 1.82) is 5.41 Å². The fourth-order valence-corrected chi connectivity index (χ4v) is 2.39. The summed E-state index contributed by atoms with van der Waals surface area (Å²) in [5.41, 5.74) is 6.69. The normalized spacial score (nSPS) is 12.4. The summed E-state index contributed by atoms with van der Waals surface area (Å²) < 4.78 is 0. The van der Waals surface area contributed by atoms with Gasteiger partial charge in [0.2, 0.25) is 0 Å². The highest BCUT2D eigenvalue weighted by atomic mass is 32.2. The van der Waals surface area contributed by atoms with Gasteiger partial charge in [0.25, 0.3) is 0 Å². The Kier molecular flexibility index (Phi) is 4.53. The van der Waals surface area contributed by atoms with Gasteiger partial charge in [-0.1, -0.05) is 37.3 Å². The lowest BCUT2D eigenvalue weighted by Gasteiger charge is -2.14. The zero-order chi connectivity index (χ0) is 10.4. The van der Waals surface area contributed by atoms with Crippen molar-refractivity contribution < 1.29 is 0 Å². The monoisotopic (exact) mass is 208 g/mol. The number of thioether (sulfide) groups is 1. The third-order valence-electron chi connectivity index (χ3n) is 1.94. The first-order valence-corrected chi connectivity index (χ1v) is 5.78. The second-order valence-electron chi connectivity index (χ2n) is 3.08. The van der Waals surface area contributed by atoms with Crippen molar-refractivity contribution in [2.75, 3.05) is 5.75 Å². The number of hydrogen-bond acceptors (Lipinski definition) is 2. The van der Waals surface area contributed by atoms with E-state index >= 15 is 0 Å². The van der Waals surface area contributed by atoms with Crippen LogP contribution in [0.5, 0.6) is 0 Å². The molecule has 1 aromatic carbocycles. The van der Waals surface area contributed by atoms with E-state index in [4.69, 9.17) is 11.1 Å². The summed E-state index contributed by atoms with van der Waals surface area (Å²) in [6.07, 6.45) is 0.641. The molecule has 0 aromatic heterocycles. The van der Waals surface area contributed by atoms with E-state index in [1.165, 1.54) is 5.56 Å². The Labute approximate surface area is 89.4 Å². The molecule has 0 bridgehead atoms. The molecule has 3 N–H and O–H groups in total. The van der Waals surface area contributed by atoms with Gasteiger partial charge in [-0.3, -0.25) is 5.41 Å². The summed E-state index contributed by atoms with van der Waals surface area (Å²) in [6, 6.07) is 10.2. The fraction of sp³-hybridized carbons (Fsp3) is 0.364. The van der Waals surface area contributed by atoms with Gasteiger partial charge in [0.15, 0.2) is 0 Å². The van der Waals surface area contributed by atoms with Gasteiger partial charge in [0.05, 0.1) is 5.84 Å². The number of benzene rings is 1. The minimum Gasteiger partial charge on any atom is -0.388 e. The molecule has 0 fully saturated rings. The molecular weight excluding hydrogens is 192 g/mol. The molecule has 0 aliphatic rings. The molecule has 1 atom stereocenters. The van der Waals surface area contributed by atoms with Gasteiger partial charge in [-0.15, -0.1) is 0 Å². The van der Waals surface area contributed by atoms with E-state index in [0.717, 1.165) is 5.75 Å². The van der Waals surface area contributed by atoms with Crippen molar-refractivity contribution in [3.8, 4) is 0 Å². The van der Waals surface area contributed by atoms with Gasteiger partial charge < -0.3 is 5.73 Å². The molecule has 14 heavy (non-hydrogen) atoms. The molecule has 1 aromatic rings. The van der Waals surface area contributed by atoms with Crippen LogP contribution in [-0.4, -0.2) is 11.6 Å². The standard InChI is InChI=1S/C11H16N2S/c1-2-14-10(8-11(12)13)9-6-4-3-5-7-9/h3-7,10H,2,8H2,1H3,(H3,12,13). The van der Waals surface area contributed by atoms with Crippen LogP contribution in [0.2, 0.25) is 0 Å². The maximum Gasteiger partial charge on any atom is 0.0919 e. The van der Waals surface area contributed by atoms with Crippen LogP contribution in [0.15, 0.2) is 30.3 Å². The van der Waals surface area contributed by atoms with E-state index in [2.05, 4.69) is 19.1 Å². The second-order valence-corrected chi connectivity index (χ2v) is 4.56. The van der Waals surface area contributed by atoms with Crippen LogP contribution in [0, 0.1) is 5.41 Å². The summed E-state index contributed by atoms with van der Waals surface area (Å²) in [6.45, 7) is 2.13. The van der Waals surface area contributed by atoms with E-state index in [1.807, 2.05) is 30.0 Å². The highest BCUT2D eigenvalue weighted by Gasteiger charge is 2.11. The third-order valence-corrected chi connectivity index (χ3v) is 3.12. The number of nitrogens with two attached hydrogens (primary N) is 1. The van der Waals surface area contributed by atoms with Gasteiger partial charge in [-0.05, 0) is 11.3 Å². The molecule has 0 spiro atoms. The predicted octanol–water partition coefficient (Wildman–Crippen LogP) is 2.81. The fourth-order valence-electron chi connectivity index (χ4n) is 1.34. The molecule has 1 unspecified atom stereocenters. The molecule has 3 heteroatoms. The Morgan fingerprint density at radius 1 is 1.43 bits per heavy atom. The molecule has 0 amide bonds. The van der Waals surface area contributed by atoms with E-state index in [-0.39, 0.29) is 5.84 Å². The zero-order valence-corrected chi connectivity index (χ0v) is 9.18. The lowest BCUT2D eigenvalue weighted by atomic mass is 10.1. The average Bonchev–Trinajstić information content (AvgIpc) is 2.18. The summed E-state index contributed by atoms with van der Waals surface area (Å²) in [7, 11) is 0. The van der Waals surface area contributed by atoms with Gasteiger partial charge >= 0.3 is 0 Å². The average molecular weight is 208 g/mol. The molecule has 0 saturated heterocycles. The van der Waals surface area contributed by atoms with E-state index in [1.54, 1.807) is 0 Å². The first-order valence-electron chi connectivity index (χ1n) is 4.73. The van der Waals surface area contributed by atoms with Crippen molar-refractivity contribution in [2.45, 2.75) is 18.6 Å². The third kappa shape index (κ3) is 3.42. The lowest BCUT2D eigenvalue weighted by Crippen LogP contribution is -2.13. The molecule has 0 heterocycles. The van der Waals surface area contributed by atoms with Crippen molar-refractivity contribution >= 4 is 17.6 Å². The van der Waals surface area contributed by atoms with Gasteiger partial charge in [0.1, 0.15) is 0 Å². The van der Waals surface area contributed by atoms with Crippen LogP contribution in [0.4, 0.5) is 0 Å². The number of rotatable bonds is 5. The molecule has 0 aliphatic heterocycles. The smallest absolute Gasteiger partial charge is 0.0919 e. The molecule has 76 valence electrons. The Morgan fingerprint density at radius 3 is 2.57 bits per heavy atom. The summed E-state index contributed by atoms with van der Waals surface area (Å²) in [5.74, 6) is 1.31. The van der Waals surface area contributed by atoms with Crippen LogP contribution in [-0.2, 0) is 0 Å². The van der Waals surface area contributed by atoms with E-state index < -0.39 is 0 Å². The zero-order valence-electron chi connectivity index (χ0n) is 8.36. The Bertz CT molecular complexity index is 285. The Morgan fingerprint density at radius 2 is 2.07 bits per heavy atom. The molecule has 2 nitrogen and oxygen atoms in total. The lowest BCUT2D eigenvalue weighted by molar-refractivity contribution is 0.986. The van der Waals surface area contributed by atoms with E-state index in [9.17, 15) is 0 Å². The number of hydrogen-bond donors (Lipinski definition) is 2. The topological polar surface area (TPSA) is 49.9 Å². The minimum atomic E-state index is 0.264. The maximum atomic E-state index is 7.32. The van der Waals surface area contributed by atoms with E-state index in [0.29, 0.717) is 11.7 Å². The van der Waals surface area contributed by atoms with Crippen LogP contribution in [0.25, 0.3) is 0 Å². The van der Waals surface area contributed by atoms with Gasteiger partial charge in [-0.25, -0.2) is 0 Å². The largest absolute Gasteiger partial charge is 0.388 e. The van der Waals surface area contributed by atoms with Crippen LogP contribution >= 0.6 is 11.8 Å². The Hall–Kier alpha value is -0.960. The maximum absolute atomic E-state index is 7.32. The van der Waals surface area contributed by atoms with Gasteiger partial charge in [-0.2, -0.15) is 11.8 Å². The second kappa shape index (κ2) is 5.70. The number of nitrogens with one attached hydrogen (secondary N) is 1. The summed E-state index contributed by atoms with van der Waals surface area (Å²) >= 11 is 1.84. The summed E-state index contributed by atoms with van der Waals surface area (Å²) in [5, 5.41) is 7.65. The summed E-state index contributed by atoms with van der Waals surface area (Å²) in [4.78, 5) is 0. The van der Waals surface area contributed by atoms with Crippen LogP contribution in [0.3, 0.4) is 0 Å². The minimum absolute atomic E-state index is 0.264. The van der Waals surface area contributed by atoms with Crippen molar-refractivity contribution in [1.82, 2.24) is 0 Å². The quantitative estimate of drug-likeness (QED) is 0.577. The Balaban J connectivity index is 2.72. The molecule has 1 rings (SSSR count).